The van der Waals surface area contributed by atoms with Gasteiger partial charge in [-0.25, -0.2) is 4.79 Å². The van der Waals surface area contributed by atoms with Gasteiger partial charge in [0.1, 0.15) is 12.6 Å². The molecule has 1 saturated heterocycles. The molecule has 0 aromatic heterocycles. The summed E-state index contributed by atoms with van der Waals surface area (Å²) >= 11 is 0. The third-order valence-corrected chi connectivity index (χ3v) is 4.91. The summed E-state index contributed by atoms with van der Waals surface area (Å²) in [5.41, 5.74) is 0.890. The Balaban J connectivity index is 1.67. The van der Waals surface area contributed by atoms with Crippen molar-refractivity contribution < 1.29 is 23.9 Å². The summed E-state index contributed by atoms with van der Waals surface area (Å²) in [7, 11) is 0. The maximum Gasteiger partial charge on any atom is 0.408 e. The molecule has 1 aromatic rings. The summed E-state index contributed by atoms with van der Waals surface area (Å²) in [5, 5.41) is 2.60. The quantitative estimate of drug-likeness (QED) is 0.690. The summed E-state index contributed by atoms with van der Waals surface area (Å²) in [6.45, 7) is 5.31. The first-order chi connectivity index (χ1) is 13.5. The molecular weight excluding hydrogens is 360 g/mol. The van der Waals surface area contributed by atoms with Crippen molar-refractivity contribution >= 4 is 18.0 Å². The number of rotatable bonds is 8. The smallest absolute Gasteiger partial charge is 0.408 e. The lowest BCUT2D eigenvalue weighted by atomic mass is 9.92. The minimum atomic E-state index is -0.639. The van der Waals surface area contributed by atoms with E-state index in [-0.39, 0.29) is 18.5 Å². The van der Waals surface area contributed by atoms with E-state index in [1.807, 2.05) is 30.3 Å². The van der Waals surface area contributed by atoms with Gasteiger partial charge in [0.25, 0.3) is 0 Å². The zero-order valence-corrected chi connectivity index (χ0v) is 16.7. The largest absolute Gasteiger partial charge is 0.466 e. The van der Waals surface area contributed by atoms with Crippen LogP contribution in [-0.4, -0.2) is 48.6 Å². The van der Waals surface area contributed by atoms with Crippen LogP contribution in [0.15, 0.2) is 30.3 Å². The molecule has 154 valence electrons. The van der Waals surface area contributed by atoms with Gasteiger partial charge in [0, 0.05) is 19.5 Å². The van der Waals surface area contributed by atoms with Crippen LogP contribution < -0.4 is 5.32 Å². The summed E-state index contributed by atoms with van der Waals surface area (Å²) in [5.74, 6) is 0.154. The van der Waals surface area contributed by atoms with Crippen molar-refractivity contribution in [1.29, 1.82) is 0 Å². The Labute approximate surface area is 166 Å². The molecule has 1 N–H and O–H groups in total. The molecule has 1 unspecified atom stereocenters. The number of carbonyl (C=O) groups excluding carboxylic acids is 3. The van der Waals surface area contributed by atoms with Gasteiger partial charge in [-0.15, -0.1) is 0 Å². The van der Waals surface area contributed by atoms with E-state index in [9.17, 15) is 14.4 Å². The zero-order valence-electron chi connectivity index (χ0n) is 16.7. The molecule has 1 aliphatic rings. The van der Waals surface area contributed by atoms with E-state index in [4.69, 9.17) is 9.47 Å². The Morgan fingerprint density at radius 3 is 2.46 bits per heavy atom. The number of hydrogen-bond acceptors (Lipinski definition) is 5. The second-order valence-electron chi connectivity index (χ2n) is 7.04. The molecule has 1 fully saturated rings. The SMILES string of the molecule is CCOC(=O)CCC1CCN(C(=O)C(C)NC(=O)OCc2ccccc2)CC1. The van der Waals surface area contributed by atoms with E-state index in [2.05, 4.69) is 5.32 Å². The van der Waals surface area contributed by atoms with Gasteiger partial charge in [-0.2, -0.15) is 0 Å². The van der Waals surface area contributed by atoms with Gasteiger partial charge in [-0.1, -0.05) is 30.3 Å². The number of likely N-dealkylation sites (tertiary alicyclic amines) is 1. The van der Waals surface area contributed by atoms with Gasteiger partial charge < -0.3 is 19.7 Å². The lowest BCUT2D eigenvalue weighted by molar-refractivity contribution is -0.143. The first-order valence-corrected chi connectivity index (χ1v) is 9.91. The molecular formula is C21H30N2O5. The highest BCUT2D eigenvalue weighted by atomic mass is 16.5. The number of nitrogens with zero attached hydrogens (tertiary/aromatic N) is 1. The predicted molar refractivity (Wildman–Crippen MR) is 104 cm³/mol. The lowest BCUT2D eigenvalue weighted by Crippen LogP contribution is -2.49. The number of alkyl carbamates (subject to hydrolysis) is 1. The first kappa shape index (κ1) is 21.7. The Morgan fingerprint density at radius 2 is 1.82 bits per heavy atom. The molecule has 1 aromatic carbocycles. The van der Waals surface area contributed by atoms with Crippen molar-refractivity contribution in [1.82, 2.24) is 10.2 Å². The number of piperidine rings is 1. The van der Waals surface area contributed by atoms with Crippen molar-refractivity contribution in [2.45, 2.75) is 52.2 Å². The van der Waals surface area contributed by atoms with Crippen molar-refractivity contribution in [3.05, 3.63) is 35.9 Å². The van der Waals surface area contributed by atoms with Gasteiger partial charge in [-0.3, -0.25) is 9.59 Å². The highest BCUT2D eigenvalue weighted by Crippen LogP contribution is 2.22. The van der Waals surface area contributed by atoms with Crippen LogP contribution in [0.5, 0.6) is 0 Å². The highest BCUT2D eigenvalue weighted by Gasteiger charge is 2.27. The molecule has 0 radical (unpaired) electrons. The molecule has 7 nitrogen and oxygen atoms in total. The number of nitrogens with one attached hydrogen (secondary N) is 1. The third kappa shape index (κ3) is 7.21. The fourth-order valence-electron chi connectivity index (χ4n) is 3.27. The van der Waals surface area contributed by atoms with Crippen LogP contribution in [0, 0.1) is 5.92 Å². The Morgan fingerprint density at radius 1 is 1.14 bits per heavy atom. The highest BCUT2D eigenvalue weighted by molar-refractivity contribution is 5.85. The lowest BCUT2D eigenvalue weighted by Gasteiger charge is -2.33. The van der Waals surface area contributed by atoms with Gasteiger partial charge in [0.05, 0.1) is 6.61 Å². The average Bonchev–Trinajstić information content (AvgIpc) is 2.71. The molecule has 28 heavy (non-hydrogen) atoms. The van der Waals surface area contributed by atoms with E-state index < -0.39 is 12.1 Å². The maximum atomic E-state index is 12.5. The molecule has 2 amide bonds. The third-order valence-electron chi connectivity index (χ3n) is 4.91. The van der Waals surface area contributed by atoms with Gasteiger partial charge in [-0.05, 0) is 44.6 Å². The Hall–Kier alpha value is -2.57. The minimum Gasteiger partial charge on any atom is -0.466 e. The van der Waals surface area contributed by atoms with Crippen molar-refractivity contribution in [2.75, 3.05) is 19.7 Å². The normalized spacial score (nSPS) is 15.6. The second-order valence-corrected chi connectivity index (χ2v) is 7.04. The van der Waals surface area contributed by atoms with Crippen LogP contribution in [0.1, 0.15) is 45.1 Å². The van der Waals surface area contributed by atoms with E-state index in [0.717, 1.165) is 24.8 Å². The van der Waals surface area contributed by atoms with Gasteiger partial charge >= 0.3 is 12.1 Å². The Kier molecular flexibility index (Phi) is 8.78. The number of hydrogen-bond donors (Lipinski definition) is 1. The number of amides is 2. The fourth-order valence-corrected chi connectivity index (χ4v) is 3.27. The standard InChI is InChI=1S/C21H30N2O5/c1-3-27-19(24)10-9-17-11-13-23(14-12-17)20(25)16(2)22-21(26)28-15-18-7-5-4-6-8-18/h4-8,16-17H,3,9-15H2,1-2H3,(H,22,26). The topological polar surface area (TPSA) is 84.9 Å². The van der Waals surface area contributed by atoms with Crippen LogP contribution in [-0.2, 0) is 25.7 Å². The fraction of sp³-hybridized carbons (Fsp3) is 0.571. The number of carbonyl (C=O) groups is 3. The monoisotopic (exact) mass is 390 g/mol. The number of esters is 1. The van der Waals surface area contributed by atoms with Gasteiger partial charge in [0.15, 0.2) is 0 Å². The molecule has 0 aliphatic carbocycles. The molecule has 7 heteroatoms. The summed E-state index contributed by atoms with van der Waals surface area (Å²) in [4.78, 5) is 37.7. The van der Waals surface area contributed by atoms with Crippen LogP contribution >= 0.6 is 0 Å². The minimum absolute atomic E-state index is 0.111. The van der Waals surface area contributed by atoms with E-state index in [1.54, 1.807) is 18.7 Å². The first-order valence-electron chi connectivity index (χ1n) is 9.91. The van der Waals surface area contributed by atoms with Crippen LogP contribution in [0.4, 0.5) is 4.79 Å². The van der Waals surface area contributed by atoms with E-state index >= 15 is 0 Å². The molecule has 1 atom stereocenters. The average molecular weight is 390 g/mol. The molecule has 0 spiro atoms. The van der Waals surface area contributed by atoms with E-state index in [1.165, 1.54) is 0 Å². The second kappa shape index (κ2) is 11.3. The Bertz CT molecular complexity index is 641. The molecule has 2 rings (SSSR count). The van der Waals surface area contributed by atoms with Crippen LogP contribution in [0.25, 0.3) is 0 Å². The molecule has 0 saturated carbocycles. The van der Waals surface area contributed by atoms with Crippen LogP contribution in [0.3, 0.4) is 0 Å². The summed E-state index contributed by atoms with van der Waals surface area (Å²) in [6.07, 6.45) is 2.33. The molecule has 1 aliphatic heterocycles. The summed E-state index contributed by atoms with van der Waals surface area (Å²) < 4.78 is 10.1. The summed E-state index contributed by atoms with van der Waals surface area (Å²) in [6, 6.07) is 8.74. The maximum absolute atomic E-state index is 12.5. The predicted octanol–water partition coefficient (Wildman–Crippen LogP) is 2.88. The number of ether oxygens (including phenoxy) is 2. The zero-order chi connectivity index (χ0) is 20.4. The van der Waals surface area contributed by atoms with E-state index in [0.29, 0.717) is 32.0 Å². The van der Waals surface area contributed by atoms with Crippen LogP contribution in [0.2, 0.25) is 0 Å². The molecule has 0 bridgehead atoms. The van der Waals surface area contributed by atoms with Crippen molar-refractivity contribution in [3.63, 3.8) is 0 Å². The number of benzene rings is 1. The van der Waals surface area contributed by atoms with Crippen molar-refractivity contribution in [2.24, 2.45) is 5.92 Å². The molecule has 1 heterocycles. The van der Waals surface area contributed by atoms with Crippen molar-refractivity contribution in [3.8, 4) is 0 Å². The van der Waals surface area contributed by atoms with Gasteiger partial charge in [0.2, 0.25) is 5.91 Å².